The Morgan fingerprint density at radius 1 is 1.35 bits per heavy atom. The molecule has 0 aliphatic carbocycles. The average Bonchev–Trinajstić information content (AvgIpc) is 3.01. The van der Waals surface area contributed by atoms with E-state index in [9.17, 15) is 4.79 Å². The number of nitrogens with one attached hydrogen (secondary N) is 1. The van der Waals surface area contributed by atoms with Gasteiger partial charge in [-0.15, -0.1) is 0 Å². The molecule has 4 nitrogen and oxygen atoms in total. The van der Waals surface area contributed by atoms with Crippen LogP contribution < -0.4 is 5.32 Å². The molecule has 3 rings (SSSR count). The number of carbonyl (C=O) groups excluding carboxylic acids is 1. The molecule has 1 atom stereocenters. The second kappa shape index (κ2) is 6.37. The zero-order chi connectivity index (χ0) is 13.8. The maximum absolute atomic E-state index is 11.8. The first-order valence-corrected chi connectivity index (χ1v) is 7.51. The molecule has 1 saturated heterocycles. The van der Waals surface area contributed by atoms with Crippen molar-refractivity contribution in [1.29, 1.82) is 0 Å². The number of ether oxygens (including phenoxy) is 1. The summed E-state index contributed by atoms with van der Waals surface area (Å²) in [7, 11) is 0. The van der Waals surface area contributed by atoms with Crippen molar-refractivity contribution < 1.29 is 9.53 Å². The van der Waals surface area contributed by atoms with Crippen molar-refractivity contribution in [2.75, 3.05) is 26.2 Å². The Kier molecular flexibility index (Phi) is 4.33. The van der Waals surface area contributed by atoms with Crippen LogP contribution in [0.25, 0.3) is 0 Å². The molecular weight excluding hydrogens is 252 g/mol. The number of benzene rings is 1. The highest BCUT2D eigenvalue weighted by Gasteiger charge is 2.23. The summed E-state index contributed by atoms with van der Waals surface area (Å²) in [6.07, 6.45) is 2.76. The summed E-state index contributed by atoms with van der Waals surface area (Å²) in [5.41, 5.74) is 2.89. The summed E-state index contributed by atoms with van der Waals surface area (Å²) < 4.78 is 5.38. The Bertz CT molecular complexity index is 469. The third kappa shape index (κ3) is 3.19. The van der Waals surface area contributed by atoms with E-state index >= 15 is 0 Å². The SMILES string of the molecule is O=C(NCCN1CCc2ccccc2C1)[C@@H]1CCCO1. The predicted molar refractivity (Wildman–Crippen MR) is 77.4 cm³/mol. The molecular formula is C16H22N2O2. The fourth-order valence-corrected chi connectivity index (χ4v) is 2.98. The fraction of sp³-hybridized carbons (Fsp3) is 0.562. The van der Waals surface area contributed by atoms with E-state index in [0.717, 1.165) is 45.5 Å². The number of carbonyl (C=O) groups is 1. The van der Waals surface area contributed by atoms with Gasteiger partial charge in [0.25, 0.3) is 0 Å². The van der Waals surface area contributed by atoms with Crippen LogP contribution in [-0.2, 0) is 22.5 Å². The molecule has 1 aromatic carbocycles. The van der Waals surface area contributed by atoms with E-state index in [2.05, 4.69) is 34.5 Å². The lowest BCUT2D eigenvalue weighted by Crippen LogP contribution is -2.41. The van der Waals surface area contributed by atoms with Crippen LogP contribution in [0.5, 0.6) is 0 Å². The molecule has 1 amide bonds. The standard InChI is InChI=1S/C16H22N2O2/c19-16(15-6-3-11-20-15)17-8-10-18-9-7-13-4-1-2-5-14(13)12-18/h1-2,4-5,15H,3,6-12H2,(H,17,19)/t15-/m0/s1. The van der Waals surface area contributed by atoms with E-state index in [4.69, 9.17) is 4.74 Å². The molecule has 2 aliphatic rings. The highest BCUT2D eigenvalue weighted by molar-refractivity contribution is 5.80. The highest BCUT2D eigenvalue weighted by atomic mass is 16.5. The van der Waals surface area contributed by atoms with Crippen molar-refractivity contribution in [3.63, 3.8) is 0 Å². The molecule has 1 N–H and O–H groups in total. The molecule has 2 aliphatic heterocycles. The van der Waals surface area contributed by atoms with Gasteiger partial charge in [0, 0.05) is 32.8 Å². The topological polar surface area (TPSA) is 41.6 Å². The molecule has 108 valence electrons. The van der Waals surface area contributed by atoms with Crippen molar-refractivity contribution in [3.05, 3.63) is 35.4 Å². The third-order valence-corrected chi connectivity index (χ3v) is 4.16. The third-order valence-electron chi connectivity index (χ3n) is 4.16. The molecule has 0 radical (unpaired) electrons. The first-order valence-electron chi connectivity index (χ1n) is 7.51. The molecule has 0 unspecified atom stereocenters. The molecule has 2 heterocycles. The van der Waals surface area contributed by atoms with Gasteiger partial charge in [0.1, 0.15) is 6.10 Å². The minimum Gasteiger partial charge on any atom is -0.368 e. The van der Waals surface area contributed by atoms with Gasteiger partial charge in [-0.05, 0) is 30.4 Å². The zero-order valence-corrected chi connectivity index (χ0v) is 11.8. The summed E-state index contributed by atoms with van der Waals surface area (Å²) in [5, 5.41) is 2.99. The maximum atomic E-state index is 11.8. The molecule has 0 spiro atoms. The second-order valence-electron chi connectivity index (χ2n) is 5.59. The Morgan fingerprint density at radius 2 is 2.20 bits per heavy atom. The Balaban J connectivity index is 1.42. The molecule has 1 aromatic rings. The van der Waals surface area contributed by atoms with Crippen LogP contribution in [-0.4, -0.2) is 43.2 Å². The van der Waals surface area contributed by atoms with Crippen molar-refractivity contribution in [2.24, 2.45) is 0 Å². The van der Waals surface area contributed by atoms with Gasteiger partial charge in [-0.25, -0.2) is 0 Å². The monoisotopic (exact) mass is 274 g/mol. The number of hydrogen-bond donors (Lipinski definition) is 1. The molecule has 20 heavy (non-hydrogen) atoms. The lowest BCUT2D eigenvalue weighted by molar-refractivity contribution is -0.130. The number of rotatable bonds is 4. The molecule has 4 heteroatoms. The highest BCUT2D eigenvalue weighted by Crippen LogP contribution is 2.17. The molecule has 1 fully saturated rings. The first-order chi connectivity index (χ1) is 9.83. The Labute approximate surface area is 120 Å². The van der Waals surface area contributed by atoms with Crippen molar-refractivity contribution in [3.8, 4) is 0 Å². The van der Waals surface area contributed by atoms with Gasteiger partial charge in [-0.3, -0.25) is 9.69 Å². The Hall–Kier alpha value is -1.39. The van der Waals surface area contributed by atoms with Crippen LogP contribution in [0.1, 0.15) is 24.0 Å². The van der Waals surface area contributed by atoms with E-state index in [-0.39, 0.29) is 12.0 Å². The maximum Gasteiger partial charge on any atom is 0.249 e. The van der Waals surface area contributed by atoms with E-state index in [0.29, 0.717) is 6.54 Å². The summed E-state index contributed by atoms with van der Waals surface area (Å²) in [6, 6.07) is 8.62. The van der Waals surface area contributed by atoms with Crippen LogP contribution >= 0.6 is 0 Å². The summed E-state index contributed by atoms with van der Waals surface area (Å²) in [6.45, 7) is 4.41. The fourth-order valence-electron chi connectivity index (χ4n) is 2.98. The van der Waals surface area contributed by atoms with Gasteiger partial charge in [0.05, 0.1) is 0 Å². The van der Waals surface area contributed by atoms with Crippen LogP contribution in [0.15, 0.2) is 24.3 Å². The van der Waals surface area contributed by atoms with Gasteiger partial charge in [-0.2, -0.15) is 0 Å². The number of nitrogens with zero attached hydrogens (tertiary/aromatic N) is 1. The van der Waals surface area contributed by atoms with Crippen LogP contribution in [0.2, 0.25) is 0 Å². The van der Waals surface area contributed by atoms with Crippen LogP contribution in [0.3, 0.4) is 0 Å². The number of fused-ring (bicyclic) bond motifs is 1. The summed E-state index contributed by atoms with van der Waals surface area (Å²) >= 11 is 0. The zero-order valence-electron chi connectivity index (χ0n) is 11.8. The predicted octanol–water partition coefficient (Wildman–Crippen LogP) is 1.34. The van der Waals surface area contributed by atoms with E-state index in [1.807, 2.05) is 0 Å². The van der Waals surface area contributed by atoms with Gasteiger partial charge < -0.3 is 10.1 Å². The largest absolute Gasteiger partial charge is 0.368 e. The van der Waals surface area contributed by atoms with Crippen LogP contribution in [0, 0.1) is 0 Å². The van der Waals surface area contributed by atoms with Gasteiger partial charge >= 0.3 is 0 Å². The van der Waals surface area contributed by atoms with E-state index in [1.54, 1.807) is 0 Å². The number of hydrogen-bond acceptors (Lipinski definition) is 3. The van der Waals surface area contributed by atoms with E-state index in [1.165, 1.54) is 11.1 Å². The molecule has 0 saturated carbocycles. The Morgan fingerprint density at radius 3 is 3.00 bits per heavy atom. The average molecular weight is 274 g/mol. The molecule has 0 bridgehead atoms. The van der Waals surface area contributed by atoms with Crippen molar-refractivity contribution in [1.82, 2.24) is 10.2 Å². The van der Waals surface area contributed by atoms with Gasteiger partial charge in [0.2, 0.25) is 5.91 Å². The minimum absolute atomic E-state index is 0.0555. The lowest BCUT2D eigenvalue weighted by Gasteiger charge is -2.28. The van der Waals surface area contributed by atoms with Gasteiger partial charge in [0.15, 0.2) is 0 Å². The van der Waals surface area contributed by atoms with E-state index < -0.39 is 0 Å². The minimum atomic E-state index is -0.211. The first kappa shape index (κ1) is 13.6. The van der Waals surface area contributed by atoms with Gasteiger partial charge in [-0.1, -0.05) is 24.3 Å². The molecule has 0 aromatic heterocycles. The van der Waals surface area contributed by atoms with Crippen molar-refractivity contribution in [2.45, 2.75) is 31.9 Å². The number of amides is 1. The summed E-state index contributed by atoms with van der Waals surface area (Å²) in [4.78, 5) is 14.2. The lowest BCUT2D eigenvalue weighted by atomic mass is 10.00. The second-order valence-corrected chi connectivity index (χ2v) is 5.59. The summed E-state index contributed by atoms with van der Waals surface area (Å²) in [5.74, 6) is 0.0555. The van der Waals surface area contributed by atoms with Crippen LogP contribution in [0.4, 0.5) is 0 Å². The van der Waals surface area contributed by atoms with Crippen molar-refractivity contribution >= 4 is 5.91 Å². The quantitative estimate of drug-likeness (QED) is 0.901. The smallest absolute Gasteiger partial charge is 0.249 e. The normalized spacial score (nSPS) is 22.5.